The van der Waals surface area contributed by atoms with E-state index in [1.54, 1.807) is 24.4 Å². The second-order valence-corrected chi connectivity index (χ2v) is 7.51. The minimum atomic E-state index is -0.438. The van der Waals surface area contributed by atoms with Crippen LogP contribution in [0, 0.1) is 0 Å². The van der Waals surface area contributed by atoms with Crippen LogP contribution in [0.3, 0.4) is 0 Å². The number of hydrogen-bond acceptors (Lipinski definition) is 4. The van der Waals surface area contributed by atoms with Gasteiger partial charge < -0.3 is 10.0 Å². The lowest BCUT2D eigenvalue weighted by atomic mass is 9.80. The number of benzene rings is 2. The third-order valence-corrected chi connectivity index (χ3v) is 5.19. The first-order valence-electron chi connectivity index (χ1n) is 8.79. The number of amides is 1. The van der Waals surface area contributed by atoms with E-state index in [0.29, 0.717) is 5.92 Å². The molecule has 5 nitrogen and oxygen atoms in total. The fourth-order valence-corrected chi connectivity index (χ4v) is 3.57. The molecule has 1 aliphatic heterocycles. The summed E-state index contributed by atoms with van der Waals surface area (Å²) in [5, 5.41) is 13.7. The molecule has 0 aliphatic carbocycles. The molecule has 2 aromatic rings. The van der Waals surface area contributed by atoms with Crippen LogP contribution in [-0.2, 0) is 0 Å². The number of fused-ring (bicyclic) bond motifs is 1. The average molecular weight is 351 g/mol. The maximum atomic E-state index is 12.1. The lowest BCUT2D eigenvalue weighted by molar-refractivity contribution is 0.0952. The van der Waals surface area contributed by atoms with Gasteiger partial charge in [0.1, 0.15) is 5.75 Å². The average Bonchev–Trinajstić information content (AvgIpc) is 2.60. The van der Waals surface area contributed by atoms with Crippen molar-refractivity contribution in [2.75, 3.05) is 11.9 Å². The van der Waals surface area contributed by atoms with Crippen molar-refractivity contribution in [2.24, 2.45) is 5.10 Å². The van der Waals surface area contributed by atoms with E-state index >= 15 is 0 Å². The molecule has 1 amide bonds. The van der Waals surface area contributed by atoms with E-state index in [9.17, 15) is 9.90 Å². The van der Waals surface area contributed by atoms with E-state index in [0.717, 1.165) is 12.0 Å². The fourth-order valence-electron chi connectivity index (χ4n) is 3.57. The third kappa shape index (κ3) is 3.43. The van der Waals surface area contributed by atoms with Gasteiger partial charge in [0, 0.05) is 18.3 Å². The van der Waals surface area contributed by atoms with E-state index in [1.807, 2.05) is 6.07 Å². The van der Waals surface area contributed by atoms with Crippen LogP contribution in [0.1, 0.15) is 54.6 Å². The number of nitrogens with zero attached hydrogens (tertiary/aromatic N) is 2. The Morgan fingerprint density at radius 3 is 2.77 bits per heavy atom. The highest BCUT2D eigenvalue weighted by Crippen LogP contribution is 2.42. The monoisotopic (exact) mass is 351 g/mol. The SMILES string of the molecule is C[C@H]1CC(C)(C)N(C)c2ccc(/C=N/NC(=O)c3ccccc3O)cc21. The summed E-state index contributed by atoms with van der Waals surface area (Å²) < 4.78 is 0. The standard InChI is InChI=1S/C21H25N3O2/c1-14-12-21(2,3)24(4)18-10-9-15(11-17(14)18)13-22-23-20(26)16-7-5-6-8-19(16)25/h5-11,13-14,25H,12H2,1-4H3,(H,23,26)/b22-13+/t14-/m0/s1. The molecule has 0 radical (unpaired) electrons. The number of aromatic hydroxyl groups is 1. The topological polar surface area (TPSA) is 64.9 Å². The highest BCUT2D eigenvalue weighted by atomic mass is 16.3. The van der Waals surface area contributed by atoms with Crippen molar-refractivity contribution in [3.05, 3.63) is 59.2 Å². The van der Waals surface area contributed by atoms with Crippen molar-refractivity contribution in [3.63, 3.8) is 0 Å². The van der Waals surface area contributed by atoms with Crippen molar-refractivity contribution in [3.8, 4) is 5.75 Å². The molecule has 0 saturated heterocycles. The van der Waals surface area contributed by atoms with Gasteiger partial charge in [-0.1, -0.05) is 25.1 Å². The van der Waals surface area contributed by atoms with Gasteiger partial charge in [0.05, 0.1) is 11.8 Å². The summed E-state index contributed by atoms with van der Waals surface area (Å²) in [5.74, 6) is -0.0407. The first kappa shape index (κ1) is 18.0. The molecule has 0 unspecified atom stereocenters. The van der Waals surface area contributed by atoms with Crippen molar-refractivity contribution < 1.29 is 9.90 Å². The first-order chi connectivity index (χ1) is 12.3. The lowest BCUT2D eigenvalue weighted by Gasteiger charge is -2.45. The molecule has 5 heteroatoms. The molecule has 2 N–H and O–H groups in total. The van der Waals surface area contributed by atoms with Crippen LogP contribution in [0.15, 0.2) is 47.6 Å². The normalized spacial score (nSPS) is 18.6. The van der Waals surface area contributed by atoms with Crippen molar-refractivity contribution >= 4 is 17.8 Å². The van der Waals surface area contributed by atoms with Gasteiger partial charge in [-0.2, -0.15) is 5.10 Å². The second-order valence-electron chi connectivity index (χ2n) is 7.51. The summed E-state index contributed by atoms with van der Waals surface area (Å²) in [6.07, 6.45) is 2.71. The van der Waals surface area contributed by atoms with Crippen molar-refractivity contribution in [1.82, 2.24) is 5.43 Å². The van der Waals surface area contributed by atoms with Crippen LogP contribution in [-0.4, -0.2) is 29.8 Å². The molecule has 1 atom stereocenters. The Kier molecular flexibility index (Phi) is 4.72. The molecule has 26 heavy (non-hydrogen) atoms. The van der Waals surface area contributed by atoms with Crippen LogP contribution >= 0.6 is 0 Å². The number of para-hydroxylation sites is 1. The van der Waals surface area contributed by atoms with E-state index in [2.05, 4.69) is 55.4 Å². The van der Waals surface area contributed by atoms with Gasteiger partial charge in [-0.3, -0.25) is 4.79 Å². The first-order valence-corrected chi connectivity index (χ1v) is 8.79. The van der Waals surface area contributed by atoms with E-state index in [1.165, 1.54) is 17.3 Å². The molecule has 3 rings (SSSR count). The Morgan fingerprint density at radius 1 is 1.31 bits per heavy atom. The minimum absolute atomic E-state index is 0.0616. The molecule has 136 valence electrons. The van der Waals surface area contributed by atoms with Crippen LogP contribution in [0.5, 0.6) is 5.75 Å². The van der Waals surface area contributed by atoms with Gasteiger partial charge in [-0.05, 0) is 61.6 Å². The van der Waals surface area contributed by atoms with Crippen LogP contribution < -0.4 is 10.3 Å². The van der Waals surface area contributed by atoms with Crippen LogP contribution in [0.4, 0.5) is 5.69 Å². The van der Waals surface area contributed by atoms with Gasteiger partial charge >= 0.3 is 0 Å². The number of hydrogen-bond donors (Lipinski definition) is 2. The Balaban J connectivity index is 1.76. The summed E-state index contributed by atoms with van der Waals surface area (Å²) in [7, 11) is 2.13. The smallest absolute Gasteiger partial charge is 0.275 e. The number of anilines is 1. The Morgan fingerprint density at radius 2 is 2.04 bits per heavy atom. The number of phenolic OH excluding ortho intramolecular Hbond substituents is 1. The van der Waals surface area contributed by atoms with Gasteiger partial charge in [0.25, 0.3) is 5.91 Å². The zero-order valence-electron chi connectivity index (χ0n) is 15.7. The number of hydrazone groups is 1. The zero-order chi connectivity index (χ0) is 18.9. The molecule has 0 aromatic heterocycles. The summed E-state index contributed by atoms with van der Waals surface area (Å²) in [6, 6.07) is 12.6. The number of carbonyl (C=O) groups is 1. The number of phenols is 1. The van der Waals surface area contributed by atoms with E-state index in [-0.39, 0.29) is 16.9 Å². The maximum Gasteiger partial charge on any atom is 0.275 e. The van der Waals surface area contributed by atoms with Gasteiger partial charge in [-0.25, -0.2) is 5.43 Å². The Labute approximate surface area is 154 Å². The third-order valence-electron chi connectivity index (χ3n) is 5.19. The fraction of sp³-hybridized carbons (Fsp3) is 0.333. The molecule has 1 heterocycles. The Hall–Kier alpha value is -2.82. The van der Waals surface area contributed by atoms with Crippen LogP contribution in [0.2, 0.25) is 0 Å². The lowest BCUT2D eigenvalue weighted by Crippen LogP contribution is -2.45. The molecule has 0 bridgehead atoms. The Bertz CT molecular complexity index is 858. The van der Waals surface area contributed by atoms with Gasteiger partial charge in [0.2, 0.25) is 0 Å². The van der Waals surface area contributed by atoms with E-state index < -0.39 is 5.91 Å². The highest BCUT2D eigenvalue weighted by molar-refractivity contribution is 5.97. The molecule has 0 saturated carbocycles. The molecular weight excluding hydrogens is 326 g/mol. The molecule has 0 fully saturated rings. The quantitative estimate of drug-likeness (QED) is 0.651. The summed E-state index contributed by atoms with van der Waals surface area (Å²) >= 11 is 0. The predicted octanol–water partition coefficient (Wildman–Crippen LogP) is 3.88. The van der Waals surface area contributed by atoms with Crippen molar-refractivity contribution in [2.45, 2.75) is 38.6 Å². The summed E-state index contributed by atoms with van der Waals surface area (Å²) in [5.41, 5.74) is 6.26. The highest BCUT2D eigenvalue weighted by Gasteiger charge is 2.33. The number of rotatable bonds is 3. The summed E-state index contributed by atoms with van der Waals surface area (Å²) in [4.78, 5) is 14.4. The molecule has 1 aliphatic rings. The van der Waals surface area contributed by atoms with Crippen molar-refractivity contribution in [1.29, 1.82) is 0 Å². The van der Waals surface area contributed by atoms with Gasteiger partial charge in [0.15, 0.2) is 0 Å². The maximum absolute atomic E-state index is 12.1. The molecule has 2 aromatic carbocycles. The number of carbonyl (C=O) groups excluding carboxylic acids is 1. The van der Waals surface area contributed by atoms with Crippen LogP contribution in [0.25, 0.3) is 0 Å². The number of nitrogens with one attached hydrogen (secondary N) is 1. The predicted molar refractivity (Wildman–Crippen MR) is 105 cm³/mol. The largest absolute Gasteiger partial charge is 0.507 e. The summed E-state index contributed by atoms with van der Waals surface area (Å²) in [6.45, 7) is 6.77. The minimum Gasteiger partial charge on any atom is -0.507 e. The zero-order valence-corrected chi connectivity index (χ0v) is 15.7. The molecular formula is C21H25N3O2. The second kappa shape index (κ2) is 6.83. The van der Waals surface area contributed by atoms with Gasteiger partial charge in [-0.15, -0.1) is 0 Å². The van der Waals surface area contributed by atoms with E-state index in [4.69, 9.17) is 0 Å². The molecule has 0 spiro atoms.